The minimum Gasteiger partial charge on any atom is -0.271 e. The van der Waals surface area contributed by atoms with Gasteiger partial charge in [-0.25, -0.2) is 0 Å². The van der Waals surface area contributed by atoms with Crippen molar-refractivity contribution in [3.63, 3.8) is 0 Å². The summed E-state index contributed by atoms with van der Waals surface area (Å²) in [6.45, 7) is 0.737. The second kappa shape index (κ2) is 7.47. The Kier molecular flexibility index (Phi) is 8.82. The first-order valence-electron chi connectivity index (χ1n) is 2.91. The van der Waals surface area contributed by atoms with E-state index in [1.165, 1.54) is 5.56 Å². The van der Waals surface area contributed by atoms with Crippen LogP contribution in [0.1, 0.15) is 5.56 Å². The molecule has 0 aliphatic carbocycles. The summed E-state index contributed by atoms with van der Waals surface area (Å²) in [5.74, 6) is 5.11. The quantitative estimate of drug-likeness (QED) is 0.528. The lowest BCUT2D eigenvalue weighted by Crippen LogP contribution is -2.20. The fourth-order valence-electron chi connectivity index (χ4n) is 0.714. The Bertz CT molecular complexity index is 169. The number of halogens is 2. The normalized spacial score (nSPS) is 7.73. The molecule has 3 N–H and O–H groups in total. The molecule has 1 rings (SSSR count). The summed E-state index contributed by atoms with van der Waals surface area (Å²) in [6.07, 6.45) is 0. The summed E-state index contributed by atoms with van der Waals surface area (Å²) in [7, 11) is 0. The maximum absolute atomic E-state index is 5.11. The van der Waals surface area contributed by atoms with Crippen LogP contribution in [0.5, 0.6) is 0 Å². The highest BCUT2D eigenvalue weighted by molar-refractivity contribution is 5.85. The highest BCUT2D eigenvalue weighted by Crippen LogP contribution is 1.95. The van der Waals surface area contributed by atoms with E-state index in [1.54, 1.807) is 0 Å². The van der Waals surface area contributed by atoms with Crippen LogP contribution in [-0.2, 0) is 6.54 Å². The number of hydrazine groups is 1. The monoisotopic (exact) mass is 178 g/mol. The average molecular weight is 179 g/mol. The van der Waals surface area contributed by atoms with E-state index in [2.05, 4.69) is 5.43 Å². The zero-order chi connectivity index (χ0) is 6.53. The molecule has 0 amide bonds. The molecular weight excluding hydrogens is 167 g/mol. The van der Waals surface area contributed by atoms with Crippen molar-refractivity contribution in [1.29, 1.82) is 0 Å². The van der Waals surface area contributed by atoms with Crippen LogP contribution in [0.15, 0.2) is 30.3 Å². The lowest BCUT2D eigenvalue weighted by Gasteiger charge is -1.95. The fraction of sp³-hybridized carbons (Fsp3) is 0.143. The maximum Gasteiger partial charge on any atom is 0.0348 e. The summed E-state index contributed by atoms with van der Waals surface area (Å²) in [4.78, 5) is 0. The molecule has 0 fully saturated rings. The van der Waals surface area contributed by atoms with Gasteiger partial charge in [0.1, 0.15) is 0 Å². The van der Waals surface area contributed by atoms with Gasteiger partial charge >= 0.3 is 0 Å². The van der Waals surface area contributed by atoms with Crippen molar-refractivity contribution < 1.29 is 4.70 Å². The van der Waals surface area contributed by atoms with Gasteiger partial charge in [-0.05, 0) is 5.56 Å². The molecule has 64 valence electrons. The third-order valence-electron chi connectivity index (χ3n) is 1.15. The summed E-state index contributed by atoms with van der Waals surface area (Å²) < 4.78 is 0. The predicted molar refractivity (Wildman–Crippen MR) is 47.2 cm³/mol. The number of nitrogens with one attached hydrogen (secondary N) is 1. The van der Waals surface area contributed by atoms with Crippen molar-refractivity contribution >= 4 is 12.4 Å². The highest BCUT2D eigenvalue weighted by Gasteiger charge is 1.83. The van der Waals surface area contributed by atoms with E-state index in [0.29, 0.717) is 0 Å². The molecule has 11 heavy (non-hydrogen) atoms. The first kappa shape index (κ1) is 13.0. The molecule has 0 heterocycles. The minimum absolute atomic E-state index is 0. The van der Waals surface area contributed by atoms with Gasteiger partial charge in [0.15, 0.2) is 0 Å². The number of hydrogen-bond donors (Lipinski definition) is 2. The van der Waals surface area contributed by atoms with Gasteiger partial charge in [0.05, 0.1) is 0 Å². The lowest BCUT2D eigenvalue weighted by atomic mass is 10.2. The third-order valence-corrected chi connectivity index (χ3v) is 1.15. The largest absolute Gasteiger partial charge is 0.271 e. The molecule has 1 aromatic carbocycles. The second-order valence-corrected chi connectivity index (χ2v) is 1.87. The van der Waals surface area contributed by atoms with Crippen molar-refractivity contribution in [1.82, 2.24) is 5.43 Å². The molecule has 1 aromatic rings. The van der Waals surface area contributed by atoms with Crippen LogP contribution in [0, 0.1) is 0 Å². The van der Waals surface area contributed by atoms with E-state index in [-0.39, 0.29) is 17.1 Å². The lowest BCUT2D eigenvalue weighted by molar-refractivity contribution is 0.741. The number of hydrogen-bond acceptors (Lipinski definition) is 2. The van der Waals surface area contributed by atoms with Crippen molar-refractivity contribution in [2.45, 2.75) is 6.54 Å². The first-order chi connectivity index (χ1) is 4.43. The van der Waals surface area contributed by atoms with Gasteiger partial charge in [-0.1, -0.05) is 30.3 Å². The van der Waals surface area contributed by atoms with Crippen LogP contribution < -0.4 is 11.3 Å². The van der Waals surface area contributed by atoms with Gasteiger partial charge in [-0.15, -0.1) is 12.4 Å². The Labute approximate surface area is 71.5 Å². The number of nitrogens with two attached hydrogens (primary N) is 1. The zero-order valence-electron chi connectivity index (χ0n) is 5.99. The summed E-state index contributed by atoms with van der Waals surface area (Å²) in [5, 5.41) is 0. The van der Waals surface area contributed by atoms with E-state index in [4.69, 9.17) is 5.84 Å². The maximum atomic E-state index is 5.11. The van der Waals surface area contributed by atoms with Gasteiger partial charge in [0, 0.05) is 6.54 Å². The smallest absolute Gasteiger partial charge is 0.0348 e. The summed E-state index contributed by atoms with van der Waals surface area (Å²) >= 11 is 0. The van der Waals surface area contributed by atoms with Crippen molar-refractivity contribution in [3.8, 4) is 0 Å². The standard InChI is InChI=1S/C7H10N2.ClH.FH/c8-9-6-7-4-2-1-3-5-7;;/h1-5,9H,6,8H2;2*1H. The van der Waals surface area contributed by atoms with E-state index in [0.717, 1.165) is 6.54 Å². The Balaban J connectivity index is 0. The van der Waals surface area contributed by atoms with E-state index < -0.39 is 0 Å². The van der Waals surface area contributed by atoms with Crippen molar-refractivity contribution in [2.75, 3.05) is 0 Å². The average Bonchev–Trinajstić information content (AvgIpc) is 1.91. The Hall–Kier alpha value is -0.640. The van der Waals surface area contributed by atoms with Crippen LogP contribution >= 0.6 is 12.4 Å². The summed E-state index contributed by atoms with van der Waals surface area (Å²) in [6, 6.07) is 10.0. The molecule has 0 radical (unpaired) electrons. The number of benzene rings is 1. The Morgan fingerprint density at radius 2 is 1.73 bits per heavy atom. The molecule has 0 unspecified atom stereocenters. The van der Waals surface area contributed by atoms with Crippen molar-refractivity contribution in [2.24, 2.45) is 5.84 Å². The van der Waals surface area contributed by atoms with Gasteiger partial charge in [-0.2, -0.15) is 0 Å². The highest BCUT2D eigenvalue weighted by atomic mass is 35.5. The molecule has 0 spiro atoms. The topological polar surface area (TPSA) is 38.0 Å². The van der Waals surface area contributed by atoms with Crippen LogP contribution in [0.25, 0.3) is 0 Å². The molecule has 0 atom stereocenters. The van der Waals surface area contributed by atoms with Crippen LogP contribution in [0.2, 0.25) is 0 Å². The third kappa shape index (κ3) is 4.72. The molecule has 2 nitrogen and oxygen atoms in total. The van der Waals surface area contributed by atoms with E-state index in [1.807, 2.05) is 30.3 Å². The molecule has 4 heteroatoms. The molecular formula is C7H12ClFN2. The van der Waals surface area contributed by atoms with Gasteiger partial charge in [0.25, 0.3) is 0 Å². The number of rotatable bonds is 2. The molecule has 0 aromatic heterocycles. The molecule has 0 saturated carbocycles. The van der Waals surface area contributed by atoms with Gasteiger partial charge in [0.2, 0.25) is 0 Å². The van der Waals surface area contributed by atoms with E-state index >= 15 is 0 Å². The van der Waals surface area contributed by atoms with Gasteiger partial charge in [-0.3, -0.25) is 16.0 Å². The predicted octanol–water partition coefficient (Wildman–Crippen LogP) is 1.22. The fourth-order valence-corrected chi connectivity index (χ4v) is 0.714. The molecule has 0 bridgehead atoms. The zero-order valence-corrected chi connectivity index (χ0v) is 6.80. The molecule has 0 aliphatic rings. The van der Waals surface area contributed by atoms with Crippen molar-refractivity contribution in [3.05, 3.63) is 35.9 Å². The van der Waals surface area contributed by atoms with Gasteiger partial charge < -0.3 is 0 Å². The first-order valence-corrected chi connectivity index (χ1v) is 2.91. The Morgan fingerprint density at radius 1 is 1.18 bits per heavy atom. The minimum atomic E-state index is 0. The Morgan fingerprint density at radius 3 is 2.18 bits per heavy atom. The second-order valence-electron chi connectivity index (χ2n) is 1.87. The van der Waals surface area contributed by atoms with Crippen LogP contribution in [0.4, 0.5) is 4.70 Å². The van der Waals surface area contributed by atoms with Crippen LogP contribution in [-0.4, -0.2) is 0 Å². The summed E-state index contributed by atoms with van der Waals surface area (Å²) in [5.41, 5.74) is 3.79. The SMILES string of the molecule is Cl.F.NNCc1ccccc1. The molecule has 0 saturated heterocycles. The van der Waals surface area contributed by atoms with E-state index in [9.17, 15) is 0 Å². The van der Waals surface area contributed by atoms with Crippen LogP contribution in [0.3, 0.4) is 0 Å². The molecule has 0 aliphatic heterocycles.